The van der Waals surface area contributed by atoms with Crippen LogP contribution in [0.1, 0.15) is 42.1 Å². The van der Waals surface area contributed by atoms with E-state index < -0.39 is 17.9 Å². The van der Waals surface area contributed by atoms with Crippen molar-refractivity contribution in [1.29, 1.82) is 0 Å². The maximum Gasteiger partial charge on any atom is 0.338 e. The van der Waals surface area contributed by atoms with Gasteiger partial charge in [0.05, 0.1) is 33.4 Å². The minimum absolute atomic E-state index is 0.228. The number of aryl methyl sites for hydroxylation is 1. The normalized spacial score (nSPS) is 14.6. The van der Waals surface area contributed by atoms with Crippen molar-refractivity contribution in [3.05, 3.63) is 103 Å². The molecule has 1 heterocycles. The third kappa shape index (κ3) is 8.65. The third-order valence-electron chi connectivity index (χ3n) is 6.24. The first-order valence-corrected chi connectivity index (χ1v) is 15.3. The highest BCUT2D eigenvalue weighted by Gasteiger charge is 2.32. The van der Waals surface area contributed by atoms with Gasteiger partial charge in [0.25, 0.3) is 5.91 Å². The fourth-order valence-corrected chi connectivity index (χ4v) is 6.08. The van der Waals surface area contributed by atoms with Crippen molar-refractivity contribution in [2.75, 3.05) is 13.2 Å². The maximum atomic E-state index is 12.7. The van der Waals surface area contributed by atoms with Gasteiger partial charge in [-0.3, -0.25) is 4.79 Å². The highest BCUT2D eigenvalue weighted by atomic mass is 79.9. The molecule has 0 unspecified atom stereocenters. The number of carbonyl (C=O) groups is 2. The predicted octanol–water partition coefficient (Wildman–Crippen LogP) is 5.98. The summed E-state index contributed by atoms with van der Waals surface area (Å²) >= 11 is 12.4. The van der Waals surface area contributed by atoms with Crippen LogP contribution in [-0.4, -0.2) is 36.4 Å². The molecule has 3 aromatic rings. The molecule has 0 aromatic heterocycles. The number of para-hydroxylation sites is 1. The topological polar surface area (TPSA) is 110 Å². The molecule has 1 amide bonds. The molecule has 4 rings (SSSR count). The zero-order valence-corrected chi connectivity index (χ0v) is 27.7. The number of hydrogen-bond donors (Lipinski definition) is 3. The van der Waals surface area contributed by atoms with Gasteiger partial charge in [0.15, 0.2) is 11.7 Å². The monoisotopic (exact) mass is 728 g/mol. The van der Waals surface area contributed by atoms with Gasteiger partial charge in [0.2, 0.25) is 0 Å². The Balaban J connectivity index is 1.38. The molecule has 0 radical (unpaired) electrons. The first-order valence-electron chi connectivity index (χ1n) is 13.3. The molecule has 1 aliphatic heterocycles. The lowest BCUT2D eigenvalue weighted by atomic mass is 9.95. The Morgan fingerprint density at radius 3 is 2.51 bits per heavy atom. The van der Waals surface area contributed by atoms with E-state index >= 15 is 0 Å². The first-order chi connectivity index (χ1) is 20.7. The second kappa shape index (κ2) is 15.1. The van der Waals surface area contributed by atoms with Gasteiger partial charge in [-0.15, -0.1) is 0 Å². The Kier molecular flexibility index (Phi) is 11.3. The van der Waals surface area contributed by atoms with Crippen LogP contribution in [0.5, 0.6) is 11.5 Å². The van der Waals surface area contributed by atoms with Crippen molar-refractivity contribution in [3.63, 3.8) is 0 Å². The van der Waals surface area contributed by atoms with E-state index in [0.29, 0.717) is 40.1 Å². The second-order valence-electron chi connectivity index (χ2n) is 9.50. The summed E-state index contributed by atoms with van der Waals surface area (Å²) in [6.07, 6.45) is 1.52. The van der Waals surface area contributed by atoms with E-state index in [4.69, 9.17) is 26.4 Å². The molecule has 0 aliphatic carbocycles. The standard InChI is InChI=1S/C31H30Br2N4O5S/c1-4-40-30(39)27-19(3)35-31(43)36-28(27)22-10-5-6-11-25(22)41-17-26(38)37-34-15-21-13-23(32)29(24(33)14-21)42-16-20-9-7-8-18(2)12-20/h5-15,28H,4,16-17H2,1-3H3,(H,37,38)(H2,35,36,43)/t28-/m1/s1. The van der Waals surface area contributed by atoms with Gasteiger partial charge in [-0.2, -0.15) is 5.10 Å². The summed E-state index contributed by atoms with van der Waals surface area (Å²) in [4.78, 5) is 25.3. The lowest BCUT2D eigenvalue weighted by Gasteiger charge is -2.30. The number of benzene rings is 3. The van der Waals surface area contributed by atoms with Gasteiger partial charge in [-0.25, -0.2) is 10.2 Å². The van der Waals surface area contributed by atoms with Crippen molar-refractivity contribution in [2.45, 2.75) is 33.4 Å². The van der Waals surface area contributed by atoms with Gasteiger partial charge in [-0.1, -0.05) is 48.0 Å². The maximum absolute atomic E-state index is 12.7. The Morgan fingerprint density at radius 2 is 1.79 bits per heavy atom. The van der Waals surface area contributed by atoms with E-state index in [9.17, 15) is 9.59 Å². The summed E-state index contributed by atoms with van der Waals surface area (Å²) in [5.41, 5.74) is 7.03. The second-order valence-corrected chi connectivity index (χ2v) is 11.6. The largest absolute Gasteiger partial charge is 0.487 e. The fourth-order valence-electron chi connectivity index (χ4n) is 4.36. The number of esters is 1. The molecule has 0 fully saturated rings. The number of hydrogen-bond acceptors (Lipinski definition) is 7. The lowest BCUT2D eigenvalue weighted by Crippen LogP contribution is -2.45. The molecule has 3 aromatic carbocycles. The number of allylic oxidation sites excluding steroid dienone is 1. The summed E-state index contributed by atoms with van der Waals surface area (Å²) in [5.74, 6) is 0.134. The van der Waals surface area contributed by atoms with Crippen LogP contribution in [0.25, 0.3) is 0 Å². The number of nitrogens with zero attached hydrogens (tertiary/aromatic N) is 1. The van der Waals surface area contributed by atoms with E-state index in [1.807, 2.05) is 43.3 Å². The van der Waals surface area contributed by atoms with Crippen LogP contribution < -0.4 is 25.5 Å². The number of carbonyl (C=O) groups excluding carboxylic acids is 2. The molecule has 0 saturated carbocycles. The van der Waals surface area contributed by atoms with Crippen LogP contribution in [0.2, 0.25) is 0 Å². The molecule has 224 valence electrons. The molecule has 9 nitrogen and oxygen atoms in total. The lowest BCUT2D eigenvalue weighted by molar-refractivity contribution is -0.139. The minimum Gasteiger partial charge on any atom is -0.487 e. The summed E-state index contributed by atoms with van der Waals surface area (Å²) < 4.78 is 18.6. The Bertz CT molecular complexity index is 1570. The zero-order valence-electron chi connectivity index (χ0n) is 23.7. The number of hydrazone groups is 1. The van der Waals surface area contributed by atoms with Gasteiger partial charge < -0.3 is 24.8 Å². The van der Waals surface area contributed by atoms with Gasteiger partial charge in [-0.05, 0) is 94.2 Å². The smallest absolute Gasteiger partial charge is 0.338 e. The molecule has 0 bridgehead atoms. The third-order valence-corrected chi connectivity index (χ3v) is 7.64. The molecule has 12 heteroatoms. The average Bonchev–Trinajstić information content (AvgIpc) is 2.95. The average molecular weight is 730 g/mol. The highest BCUT2D eigenvalue weighted by molar-refractivity contribution is 9.11. The Hall–Kier alpha value is -3.74. The van der Waals surface area contributed by atoms with E-state index in [-0.39, 0.29) is 13.2 Å². The van der Waals surface area contributed by atoms with Crippen LogP contribution in [0, 0.1) is 6.92 Å². The first kappa shape index (κ1) is 32.2. The van der Waals surface area contributed by atoms with E-state index in [2.05, 4.69) is 59.1 Å². The van der Waals surface area contributed by atoms with Crippen LogP contribution in [0.3, 0.4) is 0 Å². The van der Waals surface area contributed by atoms with E-state index in [1.54, 1.807) is 32.0 Å². The predicted molar refractivity (Wildman–Crippen MR) is 176 cm³/mol. The molecule has 1 atom stereocenters. The number of nitrogens with one attached hydrogen (secondary N) is 3. The van der Waals surface area contributed by atoms with Crippen molar-refractivity contribution in [3.8, 4) is 11.5 Å². The fraction of sp³-hybridized carbons (Fsp3) is 0.226. The van der Waals surface area contributed by atoms with Crippen LogP contribution in [0.15, 0.2) is 86.0 Å². The van der Waals surface area contributed by atoms with Gasteiger partial charge in [0, 0.05) is 11.3 Å². The minimum atomic E-state index is -0.620. The van der Waals surface area contributed by atoms with Gasteiger partial charge in [0.1, 0.15) is 18.1 Å². The number of ether oxygens (including phenoxy) is 3. The number of halogens is 2. The zero-order chi connectivity index (χ0) is 30.9. The van der Waals surface area contributed by atoms with Crippen LogP contribution >= 0.6 is 44.1 Å². The molecule has 43 heavy (non-hydrogen) atoms. The number of thiocarbonyl (C=S) groups is 1. The van der Waals surface area contributed by atoms with E-state index in [1.165, 1.54) is 11.8 Å². The van der Waals surface area contributed by atoms with Gasteiger partial charge >= 0.3 is 5.97 Å². The van der Waals surface area contributed by atoms with Crippen molar-refractivity contribution < 1.29 is 23.8 Å². The van der Waals surface area contributed by atoms with Crippen LogP contribution in [0.4, 0.5) is 0 Å². The SMILES string of the molecule is CCOC(=O)C1=C(C)NC(=S)N[C@@H]1c1ccccc1OCC(=O)NN=Cc1cc(Br)c(OCc2cccc(C)c2)c(Br)c1. The molecule has 3 N–H and O–H groups in total. The molecular weight excluding hydrogens is 700 g/mol. The highest BCUT2D eigenvalue weighted by Crippen LogP contribution is 2.35. The summed E-state index contributed by atoms with van der Waals surface area (Å²) in [6.45, 7) is 5.88. The summed E-state index contributed by atoms with van der Waals surface area (Å²) in [7, 11) is 0. The molecule has 1 aliphatic rings. The molecular formula is C31H30Br2N4O5S. The van der Waals surface area contributed by atoms with Crippen LogP contribution in [-0.2, 0) is 20.9 Å². The van der Waals surface area contributed by atoms with Crippen molar-refractivity contribution in [2.24, 2.45) is 5.10 Å². The molecule has 0 saturated heterocycles. The number of rotatable bonds is 11. The Morgan fingerprint density at radius 1 is 1.05 bits per heavy atom. The van der Waals surface area contributed by atoms with Crippen molar-refractivity contribution in [1.82, 2.24) is 16.1 Å². The Labute approximate surface area is 272 Å². The van der Waals surface area contributed by atoms with Crippen molar-refractivity contribution >= 4 is 67.3 Å². The molecule has 0 spiro atoms. The summed E-state index contributed by atoms with van der Waals surface area (Å²) in [6, 6.07) is 18.3. The summed E-state index contributed by atoms with van der Waals surface area (Å²) in [5, 5.41) is 10.5. The number of amides is 1. The van der Waals surface area contributed by atoms with E-state index in [0.717, 1.165) is 20.1 Å². The quantitative estimate of drug-likeness (QED) is 0.0957.